The molecule has 8 heteroatoms. The molecule has 1 amide bonds. The fourth-order valence-corrected chi connectivity index (χ4v) is 2.87. The Labute approximate surface area is 166 Å². The van der Waals surface area contributed by atoms with Crippen molar-refractivity contribution in [2.24, 2.45) is 0 Å². The van der Waals surface area contributed by atoms with Gasteiger partial charge in [-0.3, -0.25) is 4.79 Å². The number of anilines is 1. The van der Waals surface area contributed by atoms with Crippen molar-refractivity contribution >= 4 is 11.6 Å². The van der Waals surface area contributed by atoms with Crippen LogP contribution in [0.1, 0.15) is 28.8 Å². The van der Waals surface area contributed by atoms with E-state index in [4.69, 9.17) is 9.47 Å². The third-order valence-electron chi connectivity index (χ3n) is 4.30. The lowest BCUT2D eigenvalue weighted by Crippen LogP contribution is -2.17. The van der Waals surface area contributed by atoms with Gasteiger partial charge in [0.15, 0.2) is 0 Å². The highest BCUT2D eigenvalue weighted by Gasteiger charge is 2.27. The standard InChI is InChI=1S/C21H22F3NO4/c22-21(23,24)14-27-12-15-6-8-16(9-7-15)20(26)25-17-3-1-4-18(11-17)29-13-19-5-2-10-28-19/h1,3-4,6-9,11,19H,2,5,10,12-14H2,(H,25,26). The van der Waals surface area contributed by atoms with Gasteiger partial charge in [-0.25, -0.2) is 0 Å². The summed E-state index contributed by atoms with van der Waals surface area (Å²) in [6, 6.07) is 13.3. The Kier molecular flexibility index (Phi) is 7.11. The molecule has 0 radical (unpaired) electrons. The van der Waals surface area contributed by atoms with E-state index < -0.39 is 12.8 Å². The highest BCUT2D eigenvalue weighted by atomic mass is 19.4. The summed E-state index contributed by atoms with van der Waals surface area (Å²) in [4.78, 5) is 12.4. The smallest absolute Gasteiger partial charge is 0.411 e. The molecule has 2 aromatic carbocycles. The third kappa shape index (κ3) is 7.07. The van der Waals surface area contributed by atoms with Crippen LogP contribution >= 0.6 is 0 Å². The lowest BCUT2D eigenvalue weighted by Gasteiger charge is -2.13. The van der Waals surface area contributed by atoms with E-state index in [1.807, 2.05) is 0 Å². The van der Waals surface area contributed by atoms with Crippen molar-refractivity contribution in [3.8, 4) is 5.75 Å². The number of nitrogens with one attached hydrogen (secondary N) is 1. The topological polar surface area (TPSA) is 56.8 Å². The Hall–Kier alpha value is -2.58. The van der Waals surface area contributed by atoms with Gasteiger partial charge >= 0.3 is 6.18 Å². The molecule has 1 fully saturated rings. The summed E-state index contributed by atoms with van der Waals surface area (Å²) in [5, 5.41) is 2.78. The van der Waals surface area contributed by atoms with Crippen LogP contribution in [0.5, 0.6) is 5.75 Å². The molecule has 1 aliphatic heterocycles. The Morgan fingerprint density at radius 3 is 2.66 bits per heavy atom. The van der Waals surface area contributed by atoms with E-state index >= 15 is 0 Å². The Balaban J connectivity index is 1.51. The van der Waals surface area contributed by atoms with E-state index in [0.29, 0.717) is 29.2 Å². The number of hydrogen-bond acceptors (Lipinski definition) is 4. The minimum absolute atomic E-state index is 0.104. The molecule has 3 rings (SSSR count). The van der Waals surface area contributed by atoms with Crippen LogP contribution < -0.4 is 10.1 Å². The van der Waals surface area contributed by atoms with Gasteiger partial charge in [-0.05, 0) is 42.7 Å². The molecule has 1 saturated heterocycles. The predicted molar refractivity (Wildman–Crippen MR) is 101 cm³/mol. The second kappa shape index (κ2) is 9.76. The molecule has 0 saturated carbocycles. The van der Waals surface area contributed by atoms with Gasteiger partial charge in [0.2, 0.25) is 0 Å². The maximum atomic E-state index is 12.4. The largest absolute Gasteiger partial charge is 0.491 e. The monoisotopic (exact) mass is 409 g/mol. The molecule has 1 unspecified atom stereocenters. The number of alkyl halides is 3. The molecule has 0 aromatic heterocycles. The molecule has 0 bridgehead atoms. The van der Waals surface area contributed by atoms with Gasteiger partial charge in [0, 0.05) is 23.9 Å². The Morgan fingerprint density at radius 2 is 1.97 bits per heavy atom. The second-order valence-corrected chi connectivity index (χ2v) is 6.73. The minimum Gasteiger partial charge on any atom is -0.491 e. The van der Waals surface area contributed by atoms with Crippen molar-refractivity contribution in [2.75, 3.05) is 25.1 Å². The zero-order valence-corrected chi connectivity index (χ0v) is 15.7. The lowest BCUT2D eigenvalue weighted by atomic mass is 10.1. The Bertz CT molecular complexity index is 802. The van der Waals surface area contributed by atoms with E-state index in [1.54, 1.807) is 48.5 Å². The van der Waals surface area contributed by atoms with E-state index in [2.05, 4.69) is 10.1 Å². The molecule has 156 valence electrons. The highest BCUT2D eigenvalue weighted by Crippen LogP contribution is 2.21. The zero-order chi connectivity index (χ0) is 20.7. The van der Waals surface area contributed by atoms with E-state index in [1.165, 1.54) is 0 Å². The molecular formula is C21H22F3NO4. The third-order valence-corrected chi connectivity index (χ3v) is 4.30. The van der Waals surface area contributed by atoms with Crippen LogP contribution in [0.3, 0.4) is 0 Å². The number of amides is 1. The fourth-order valence-electron chi connectivity index (χ4n) is 2.87. The van der Waals surface area contributed by atoms with Gasteiger partial charge in [0.25, 0.3) is 5.91 Å². The first-order chi connectivity index (χ1) is 13.9. The van der Waals surface area contributed by atoms with Crippen LogP contribution in [0, 0.1) is 0 Å². The second-order valence-electron chi connectivity index (χ2n) is 6.73. The first kappa shape index (κ1) is 21.1. The van der Waals surface area contributed by atoms with Crippen molar-refractivity contribution in [3.05, 3.63) is 59.7 Å². The number of rotatable bonds is 8. The van der Waals surface area contributed by atoms with Gasteiger partial charge in [0.05, 0.1) is 12.7 Å². The van der Waals surface area contributed by atoms with Crippen LogP contribution in [0.2, 0.25) is 0 Å². The number of benzene rings is 2. The van der Waals surface area contributed by atoms with E-state index in [9.17, 15) is 18.0 Å². The van der Waals surface area contributed by atoms with E-state index in [0.717, 1.165) is 19.4 Å². The summed E-state index contributed by atoms with van der Waals surface area (Å²) in [6.45, 7) is -0.251. The molecule has 1 N–H and O–H groups in total. The summed E-state index contributed by atoms with van der Waals surface area (Å²) in [7, 11) is 0. The SMILES string of the molecule is O=C(Nc1cccc(OCC2CCCO2)c1)c1ccc(COCC(F)(F)F)cc1. The molecule has 1 aliphatic rings. The molecular weight excluding hydrogens is 387 g/mol. The Morgan fingerprint density at radius 1 is 1.17 bits per heavy atom. The maximum Gasteiger partial charge on any atom is 0.411 e. The van der Waals surface area contributed by atoms with Crippen molar-refractivity contribution in [3.63, 3.8) is 0 Å². The quantitative estimate of drug-likeness (QED) is 0.694. The summed E-state index contributed by atoms with van der Waals surface area (Å²) < 4.78 is 52.1. The first-order valence-electron chi connectivity index (χ1n) is 9.28. The first-order valence-corrected chi connectivity index (χ1v) is 9.28. The molecule has 5 nitrogen and oxygen atoms in total. The van der Waals surface area contributed by atoms with Crippen LogP contribution in [0.25, 0.3) is 0 Å². The number of ether oxygens (including phenoxy) is 3. The predicted octanol–water partition coefficient (Wildman–Crippen LogP) is 4.58. The normalized spacial score (nSPS) is 16.6. The van der Waals surface area contributed by atoms with Gasteiger partial charge in [-0.1, -0.05) is 18.2 Å². The summed E-state index contributed by atoms with van der Waals surface area (Å²) in [5.41, 5.74) is 1.52. The summed E-state index contributed by atoms with van der Waals surface area (Å²) in [5.74, 6) is 0.305. The van der Waals surface area contributed by atoms with Gasteiger partial charge in [-0.2, -0.15) is 13.2 Å². The average Bonchev–Trinajstić information content (AvgIpc) is 3.20. The maximum absolute atomic E-state index is 12.4. The molecule has 0 spiro atoms. The number of carbonyl (C=O) groups excluding carboxylic acids is 1. The summed E-state index contributed by atoms with van der Waals surface area (Å²) >= 11 is 0. The fraction of sp³-hybridized carbons (Fsp3) is 0.381. The van der Waals surface area contributed by atoms with Crippen LogP contribution in [-0.4, -0.2) is 38.0 Å². The molecule has 1 atom stereocenters. The molecule has 1 heterocycles. The highest BCUT2D eigenvalue weighted by molar-refractivity contribution is 6.04. The van der Waals surface area contributed by atoms with E-state index in [-0.39, 0.29) is 18.6 Å². The van der Waals surface area contributed by atoms with Crippen molar-refractivity contribution in [2.45, 2.75) is 31.7 Å². The van der Waals surface area contributed by atoms with Gasteiger partial charge < -0.3 is 19.5 Å². The summed E-state index contributed by atoms with van der Waals surface area (Å²) in [6.07, 6.45) is -2.24. The number of carbonyl (C=O) groups is 1. The minimum atomic E-state index is -4.36. The molecule has 2 aromatic rings. The van der Waals surface area contributed by atoms with Crippen LogP contribution in [0.4, 0.5) is 18.9 Å². The van der Waals surface area contributed by atoms with Crippen molar-refractivity contribution in [1.29, 1.82) is 0 Å². The number of halogens is 3. The molecule has 0 aliphatic carbocycles. The van der Waals surface area contributed by atoms with Crippen LogP contribution in [0.15, 0.2) is 48.5 Å². The van der Waals surface area contributed by atoms with Gasteiger partial charge in [-0.15, -0.1) is 0 Å². The number of hydrogen-bond donors (Lipinski definition) is 1. The zero-order valence-electron chi connectivity index (χ0n) is 15.7. The van der Waals surface area contributed by atoms with Crippen molar-refractivity contribution in [1.82, 2.24) is 0 Å². The van der Waals surface area contributed by atoms with Gasteiger partial charge in [0.1, 0.15) is 19.0 Å². The average molecular weight is 409 g/mol. The van der Waals surface area contributed by atoms with Crippen LogP contribution in [-0.2, 0) is 16.1 Å². The van der Waals surface area contributed by atoms with Crippen molar-refractivity contribution < 1.29 is 32.2 Å². The molecule has 29 heavy (non-hydrogen) atoms. The lowest BCUT2D eigenvalue weighted by molar-refractivity contribution is -0.176.